The molecule has 4 rings (SSSR count). The Morgan fingerprint density at radius 3 is 2.79 bits per heavy atom. The molecule has 1 aromatic carbocycles. The highest BCUT2D eigenvalue weighted by Crippen LogP contribution is 2.25. The van der Waals surface area contributed by atoms with E-state index < -0.39 is 0 Å². The molecule has 1 amide bonds. The molecular formula is C17H19ClN4O2. The van der Waals surface area contributed by atoms with Gasteiger partial charge in [0.25, 0.3) is 5.91 Å². The molecule has 0 aliphatic carbocycles. The zero-order chi connectivity index (χ0) is 16.5. The monoisotopic (exact) mass is 346 g/mol. The molecule has 0 bridgehead atoms. The molecule has 0 unspecified atom stereocenters. The third-order valence-corrected chi connectivity index (χ3v) is 4.75. The lowest BCUT2D eigenvalue weighted by atomic mass is 10.2. The number of aromatic nitrogens is 2. The second kappa shape index (κ2) is 6.36. The summed E-state index contributed by atoms with van der Waals surface area (Å²) < 4.78 is 7.41. The molecule has 2 aliphatic rings. The SMILES string of the molecule is O=C(c1cnn2c1OCCC2)N1CCN(c2cccc(Cl)c2)CC1. The number of hydrogen-bond acceptors (Lipinski definition) is 4. The molecule has 0 N–H and O–H groups in total. The average molecular weight is 347 g/mol. The maximum absolute atomic E-state index is 12.8. The van der Waals surface area contributed by atoms with E-state index in [9.17, 15) is 4.79 Å². The average Bonchev–Trinajstić information content (AvgIpc) is 3.05. The molecule has 1 fully saturated rings. The third kappa shape index (κ3) is 2.82. The van der Waals surface area contributed by atoms with Crippen molar-refractivity contribution >= 4 is 23.2 Å². The van der Waals surface area contributed by atoms with Crippen LogP contribution >= 0.6 is 11.6 Å². The Hall–Kier alpha value is -2.21. The summed E-state index contributed by atoms with van der Waals surface area (Å²) in [5, 5.41) is 5.00. The lowest BCUT2D eigenvalue weighted by Crippen LogP contribution is -2.48. The van der Waals surface area contributed by atoms with E-state index in [0.717, 1.165) is 36.8 Å². The number of ether oxygens (including phenoxy) is 1. The molecule has 0 saturated carbocycles. The van der Waals surface area contributed by atoms with Crippen molar-refractivity contribution in [2.75, 3.05) is 37.7 Å². The van der Waals surface area contributed by atoms with Crippen LogP contribution in [0.15, 0.2) is 30.5 Å². The minimum absolute atomic E-state index is 0.00361. The molecule has 0 spiro atoms. The normalized spacial score (nSPS) is 17.4. The van der Waals surface area contributed by atoms with Crippen molar-refractivity contribution in [3.05, 3.63) is 41.0 Å². The van der Waals surface area contributed by atoms with Gasteiger partial charge in [0.2, 0.25) is 5.88 Å². The van der Waals surface area contributed by atoms with E-state index in [1.165, 1.54) is 0 Å². The van der Waals surface area contributed by atoms with Gasteiger partial charge in [-0.25, -0.2) is 4.68 Å². The Kier molecular flexibility index (Phi) is 4.06. The van der Waals surface area contributed by atoms with E-state index in [2.05, 4.69) is 10.00 Å². The zero-order valence-electron chi connectivity index (χ0n) is 13.3. The first-order chi connectivity index (χ1) is 11.7. The molecule has 3 heterocycles. The van der Waals surface area contributed by atoms with Crippen molar-refractivity contribution in [1.29, 1.82) is 0 Å². The van der Waals surface area contributed by atoms with Crippen LogP contribution in [-0.4, -0.2) is 53.4 Å². The Balaban J connectivity index is 1.44. The summed E-state index contributed by atoms with van der Waals surface area (Å²) in [4.78, 5) is 16.9. The number of carbonyl (C=O) groups is 1. The lowest BCUT2D eigenvalue weighted by Gasteiger charge is -2.36. The number of halogens is 1. The number of anilines is 1. The standard InChI is InChI=1S/C17H19ClN4O2/c18-13-3-1-4-14(11-13)20-6-8-21(9-7-20)16(23)15-12-19-22-5-2-10-24-17(15)22/h1,3-4,11-12H,2,5-10H2. The molecular weight excluding hydrogens is 328 g/mol. The van der Waals surface area contributed by atoms with Crippen LogP contribution in [0.3, 0.4) is 0 Å². The molecule has 1 saturated heterocycles. The molecule has 2 aromatic rings. The summed E-state index contributed by atoms with van der Waals surface area (Å²) in [5.74, 6) is 0.618. The van der Waals surface area contributed by atoms with Gasteiger partial charge in [-0.15, -0.1) is 0 Å². The topological polar surface area (TPSA) is 50.6 Å². The Labute approximate surface area is 145 Å². The highest BCUT2D eigenvalue weighted by atomic mass is 35.5. The van der Waals surface area contributed by atoms with E-state index in [-0.39, 0.29) is 5.91 Å². The third-order valence-electron chi connectivity index (χ3n) is 4.51. The highest BCUT2D eigenvalue weighted by Gasteiger charge is 2.28. The van der Waals surface area contributed by atoms with Crippen LogP contribution < -0.4 is 9.64 Å². The number of fused-ring (bicyclic) bond motifs is 1. The first-order valence-electron chi connectivity index (χ1n) is 8.21. The second-order valence-corrected chi connectivity index (χ2v) is 6.48. The zero-order valence-corrected chi connectivity index (χ0v) is 14.1. The van der Waals surface area contributed by atoms with Crippen LogP contribution in [-0.2, 0) is 6.54 Å². The lowest BCUT2D eigenvalue weighted by molar-refractivity contribution is 0.0740. The van der Waals surface area contributed by atoms with Gasteiger partial charge in [-0.2, -0.15) is 5.10 Å². The Morgan fingerprint density at radius 2 is 2.00 bits per heavy atom. The number of hydrogen-bond donors (Lipinski definition) is 0. The van der Waals surface area contributed by atoms with Gasteiger partial charge < -0.3 is 14.5 Å². The summed E-state index contributed by atoms with van der Waals surface area (Å²) in [7, 11) is 0. The van der Waals surface area contributed by atoms with E-state index in [4.69, 9.17) is 16.3 Å². The van der Waals surface area contributed by atoms with Gasteiger partial charge in [0.05, 0.1) is 12.8 Å². The van der Waals surface area contributed by atoms with E-state index in [1.54, 1.807) is 10.9 Å². The van der Waals surface area contributed by atoms with Crippen LogP contribution in [0.1, 0.15) is 16.8 Å². The van der Waals surface area contributed by atoms with E-state index in [1.807, 2.05) is 29.2 Å². The maximum atomic E-state index is 12.8. The van der Waals surface area contributed by atoms with Gasteiger partial charge in [-0.1, -0.05) is 17.7 Å². The summed E-state index contributed by atoms with van der Waals surface area (Å²) >= 11 is 6.06. The van der Waals surface area contributed by atoms with Crippen LogP contribution in [0.2, 0.25) is 5.02 Å². The predicted octanol–water partition coefficient (Wildman–Crippen LogP) is 2.28. The highest BCUT2D eigenvalue weighted by molar-refractivity contribution is 6.30. The van der Waals surface area contributed by atoms with Crippen molar-refractivity contribution in [3.8, 4) is 5.88 Å². The smallest absolute Gasteiger partial charge is 0.261 e. The fourth-order valence-electron chi connectivity index (χ4n) is 3.23. The number of aryl methyl sites for hydroxylation is 1. The molecule has 0 radical (unpaired) electrons. The van der Waals surface area contributed by atoms with Crippen LogP contribution in [0, 0.1) is 0 Å². The van der Waals surface area contributed by atoms with Crippen molar-refractivity contribution in [2.24, 2.45) is 0 Å². The number of piperazine rings is 1. The van der Waals surface area contributed by atoms with Crippen molar-refractivity contribution in [3.63, 3.8) is 0 Å². The number of carbonyl (C=O) groups excluding carboxylic acids is 1. The maximum Gasteiger partial charge on any atom is 0.261 e. The minimum Gasteiger partial charge on any atom is -0.477 e. The van der Waals surface area contributed by atoms with Gasteiger partial charge in [-0.3, -0.25) is 4.79 Å². The van der Waals surface area contributed by atoms with Gasteiger partial charge in [0.1, 0.15) is 5.56 Å². The fourth-order valence-corrected chi connectivity index (χ4v) is 3.41. The molecule has 0 atom stereocenters. The molecule has 126 valence electrons. The Morgan fingerprint density at radius 1 is 1.17 bits per heavy atom. The quantitative estimate of drug-likeness (QED) is 0.837. The van der Waals surface area contributed by atoms with E-state index >= 15 is 0 Å². The van der Waals surface area contributed by atoms with Crippen molar-refractivity contribution in [1.82, 2.24) is 14.7 Å². The van der Waals surface area contributed by atoms with Crippen LogP contribution in [0.5, 0.6) is 5.88 Å². The number of benzene rings is 1. The molecule has 2 aliphatic heterocycles. The fraction of sp³-hybridized carbons (Fsp3) is 0.412. The number of amides is 1. The summed E-state index contributed by atoms with van der Waals surface area (Å²) in [6.07, 6.45) is 2.56. The summed E-state index contributed by atoms with van der Waals surface area (Å²) in [5.41, 5.74) is 1.67. The van der Waals surface area contributed by atoms with Crippen LogP contribution in [0.25, 0.3) is 0 Å². The predicted molar refractivity (Wildman–Crippen MR) is 91.9 cm³/mol. The molecule has 24 heavy (non-hydrogen) atoms. The molecule has 7 heteroatoms. The second-order valence-electron chi connectivity index (χ2n) is 6.05. The minimum atomic E-state index is 0.00361. The van der Waals surface area contributed by atoms with Gasteiger partial charge >= 0.3 is 0 Å². The largest absolute Gasteiger partial charge is 0.477 e. The van der Waals surface area contributed by atoms with Gasteiger partial charge in [-0.05, 0) is 18.2 Å². The number of nitrogens with zero attached hydrogens (tertiary/aromatic N) is 4. The van der Waals surface area contributed by atoms with Crippen molar-refractivity contribution in [2.45, 2.75) is 13.0 Å². The van der Waals surface area contributed by atoms with Crippen molar-refractivity contribution < 1.29 is 9.53 Å². The number of rotatable bonds is 2. The van der Waals surface area contributed by atoms with Gasteiger partial charge in [0, 0.05) is 49.9 Å². The molecule has 6 nitrogen and oxygen atoms in total. The first-order valence-corrected chi connectivity index (χ1v) is 8.58. The Bertz CT molecular complexity index is 753. The summed E-state index contributed by atoms with van der Waals surface area (Å²) in [6.45, 7) is 4.39. The summed E-state index contributed by atoms with van der Waals surface area (Å²) in [6, 6.07) is 7.83. The van der Waals surface area contributed by atoms with Crippen LogP contribution in [0.4, 0.5) is 5.69 Å². The van der Waals surface area contributed by atoms with E-state index in [0.29, 0.717) is 31.1 Å². The molecule has 1 aromatic heterocycles. The van der Waals surface area contributed by atoms with Gasteiger partial charge in [0.15, 0.2) is 0 Å². The first kappa shape index (κ1) is 15.3.